The summed E-state index contributed by atoms with van der Waals surface area (Å²) >= 11 is 3.09. The van der Waals surface area contributed by atoms with Crippen LogP contribution in [0.15, 0.2) is 71.6 Å². The van der Waals surface area contributed by atoms with Crippen LogP contribution < -0.4 is 5.32 Å². The lowest BCUT2D eigenvalue weighted by molar-refractivity contribution is -0.385. The molecule has 0 aliphatic carbocycles. The molecule has 0 saturated heterocycles. The summed E-state index contributed by atoms with van der Waals surface area (Å²) in [4.78, 5) is 28.8. The molecule has 3 aromatic carbocycles. The van der Waals surface area contributed by atoms with Crippen LogP contribution in [0, 0.1) is 10.1 Å². The second-order valence-corrected chi connectivity index (χ2v) is 8.54. The van der Waals surface area contributed by atoms with E-state index in [1.807, 2.05) is 36.6 Å². The minimum Gasteiger partial charge on any atom is -0.322 e. The quantitative estimate of drug-likeness (QED) is 0.236. The number of aromatic nitrogens is 1. The number of fused-ring (bicyclic) bond motifs is 1. The second kappa shape index (κ2) is 8.64. The Kier molecular flexibility index (Phi) is 5.78. The molecule has 30 heavy (non-hydrogen) atoms. The van der Waals surface area contributed by atoms with Crippen molar-refractivity contribution in [1.29, 1.82) is 0 Å². The smallest absolute Gasteiger partial charge is 0.282 e. The van der Waals surface area contributed by atoms with Gasteiger partial charge in [0, 0.05) is 23.1 Å². The number of anilines is 1. The molecule has 8 heteroatoms. The molecule has 1 amide bonds. The van der Waals surface area contributed by atoms with Crippen LogP contribution in [0.25, 0.3) is 10.2 Å². The predicted molar refractivity (Wildman–Crippen MR) is 122 cm³/mol. The molecule has 0 bridgehead atoms. The highest BCUT2D eigenvalue weighted by molar-refractivity contribution is 7.98. The van der Waals surface area contributed by atoms with Gasteiger partial charge >= 0.3 is 0 Å². The largest absolute Gasteiger partial charge is 0.322 e. The van der Waals surface area contributed by atoms with Crippen LogP contribution >= 0.6 is 23.1 Å². The number of benzene rings is 3. The van der Waals surface area contributed by atoms with Crippen molar-refractivity contribution in [3.05, 3.63) is 93.0 Å². The van der Waals surface area contributed by atoms with Crippen molar-refractivity contribution in [2.45, 2.75) is 11.3 Å². The maximum Gasteiger partial charge on any atom is 0.282 e. The standard InChI is InChI=1S/C22H17N3O3S2/c1-29-16-10-11-19(25(27)28)17(13-16)22(26)23-15-8-6-14(7-9-15)12-21-24-18-4-2-3-5-20(18)30-21/h2-11,13H,12H2,1H3,(H,23,26). The SMILES string of the molecule is CSc1ccc([N+](=O)[O-])c(C(=O)Nc2ccc(Cc3nc4ccccc4s3)cc2)c1. The summed E-state index contributed by atoms with van der Waals surface area (Å²) in [6.45, 7) is 0. The fourth-order valence-corrected chi connectivity index (χ4v) is 4.50. The maximum atomic E-state index is 12.6. The van der Waals surface area contributed by atoms with E-state index in [4.69, 9.17) is 0 Å². The number of thioether (sulfide) groups is 1. The third kappa shape index (κ3) is 4.34. The summed E-state index contributed by atoms with van der Waals surface area (Å²) in [5.74, 6) is -0.503. The fourth-order valence-electron chi connectivity index (χ4n) is 3.06. The lowest BCUT2D eigenvalue weighted by Gasteiger charge is -2.08. The Hall–Kier alpha value is -3.23. The molecular weight excluding hydrogens is 418 g/mol. The Morgan fingerprint density at radius 2 is 1.90 bits per heavy atom. The molecule has 1 N–H and O–H groups in total. The molecule has 0 saturated carbocycles. The van der Waals surface area contributed by atoms with Gasteiger partial charge in [-0.05, 0) is 48.2 Å². The molecule has 4 rings (SSSR count). The van der Waals surface area contributed by atoms with Crippen LogP contribution in [-0.2, 0) is 6.42 Å². The monoisotopic (exact) mass is 435 g/mol. The summed E-state index contributed by atoms with van der Waals surface area (Å²) in [6.07, 6.45) is 2.56. The van der Waals surface area contributed by atoms with Crippen molar-refractivity contribution < 1.29 is 9.72 Å². The number of nitrogens with zero attached hydrogens (tertiary/aromatic N) is 2. The Morgan fingerprint density at radius 3 is 2.60 bits per heavy atom. The van der Waals surface area contributed by atoms with Crippen LogP contribution in [0.5, 0.6) is 0 Å². The molecule has 0 fully saturated rings. The third-order valence-corrected chi connectivity index (χ3v) is 6.31. The van der Waals surface area contributed by atoms with E-state index in [-0.39, 0.29) is 11.3 Å². The summed E-state index contributed by atoms with van der Waals surface area (Å²) in [5, 5.41) is 15.1. The van der Waals surface area contributed by atoms with Gasteiger partial charge < -0.3 is 5.32 Å². The number of nitro groups is 1. The molecule has 4 aromatic rings. The average Bonchev–Trinajstić information content (AvgIpc) is 3.16. The van der Waals surface area contributed by atoms with Crippen molar-refractivity contribution in [3.8, 4) is 0 Å². The van der Waals surface area contributed by atoms with Crippen molar-refractivity contribution in [2.24, 2.45) is 0 Å². The number of thiazole rings is 1. The van der Waals surface area contributed by atoms with Gasteiger partial charge in [-0.15, -0.1) is 23.1 Å². The van der Waals surface area contributed by atoms with Gasteiger partial charge in [0.25, 0.3) is 11.6 Å². The molecule has 0 atom stereocenters. The van der Waals surface area contributed by atoms with Gasteiger partial charge in [-0.2, -0.15) is 0 Å². The van der Waals surface area contributed by atoms with Gasteiger partial charge in [0.05, 0.1) is 20.1 Å². The van der Waals surface area contributed by atoms with E-state index in [2.05, 4.69) is 16.4 Å². The number of hydrogen-bond acceptors (Lipinski definition) is 6. The first-order valence-electron chi connectivity index (χ1n) is 9.10. The number of carbonyl (C=O) groups is 1. The van der Waals surface area contributed by atoms with Gasteiger partial charge in [0.15, 0.2) is 0 Å². The second-order valence-electron chi connectivity index (χ2n) is 6.54. The predicted octanol–water partition coefficient (Wildman–Crippen LogP) is 5.77. The lowest BCUT2D eigenvalue weighted by atomic mass is 10.1. The number of nitrogens with one attached hydrogen (secondary N) is 1. The summed E-state index contributed by atoms with van der Waals surface area (Å²) < 4.78 is 1.16. The Morgan fingerprint density at radius 1 is 1.13 bits per heavy atom. The number of amides is 1. The van der Waals surface area contributed by atoms with Crippen LogP contribution in [0.1, 0.15) is 20.9 Å². The minimum atomic E-state index is -0.542. The zero-order valence-electron chi connectivity index (χ0n) is 16.0. The third-order valence-electron chi connectivity index (χ3n) is 4.55. The zero-order valence-corrected chi connectivity index (χ0v) is 17.6. The highest BCUT2D eigenvalue weighted by Crippen LogP contribution is 2.27. The molecule has 6 nitrogen and oxygen atoms in total. The highest BCUT2D eigenvalue weighted by atomic mass is 32.2. The van der Waals surface area contributed by atoms with Crippen LogP contribution in [0.4, 0.5) is 11.4 Å². The van der Waals surface area contributed by atoms with Crippen LogP contribution in [0.3, 0.4) is 0 Å². The Balaban J connectivity index is 1.49. The highest BCUT2D eigenvalue weighted by Gasteiger charge is 2.20. The van der Waals surface area contributed by atoms with Crippen molar-refractivity contribution >= 4 is 50.6 Å². The van der Waals surface area contributed by atoms with Crippen molar-refractivity contribution in [3.63, 3.8) is 0 Å². The molecule has 1 heterocycles. The molecule has 0 unspecified atom stereocenters. The molecule has 0 radical (unpaired) electrons. The number of nitro benzene ring substituents is 1. The lowest BCUT2D eigenvalue weighted by Crippen LogP contribution is -2.14. The molecular formula is C22H17N3O3S2. The van der Waals surface area contributed by atoms with Crippen molar-refractivity contribution in [1.82, 2.24) is 4.98 Å². The van der Waals surface area contributed by atoms with E-state index in [0.29, 0.717) is 12.1 Å². The van der Waals surface area contributed by atoms with Crippen molar-refractivity contribution in [2.75, 3.05) is 11.6 Å². The fraction of sp³-hybridized carbons (Fsp3) is 0.0909. The summed E-state index contributed by atoms with van der Waals surface area (Å²) in [7, 11) is 0. The topological polar surface area (TPSA) is 85.1 Å². The van der Waals surface area contributed by atoms with Gasteiger partial charge in [0.2, 0.25) is 0 Å². The van der Waals surface area contributed by atoms with E-state index in [1.54, 1.807) is 35.6 Å². The molecule has 0 aliphatic heterocycles. The molecule has 0 aliphatic rings. The van der Waals surface area contributed by atoms with E-state index in [0.717, 1.165) is 25.7 Å². The normalized spacial score (nSPS) is 10.8. The number of hydrogen-bond donors (Lipinski definition) is 1. The molecule has 0 spiro atoms. The van der Waals surface area contributed by atoms with Gasteiger partial charge in [0.1, 0.15) is 5.56 Å². The van der Waals surface area contributed by atoms with Crippen LogP contribution in [0.2, 0.25) is 0 Å². The Bertz CT molecular complexity index is 1200. The molecule has 1 aromatic heterocycles. The first-order chi connectivity index (χ1) is 14.5. The van der Waals surface area contributed by atoms with Crippen LogP contribution in [-0.4, -0.2) is 22.1 Å². The summed E-state index contributed by atoms with van der Waals surface area (Å²) in [5.41, 5.74) is 2.48. The molecule has 150 valence electrons. The first-order valence-corrected chi connectivity index (χ1v) is 11.1. The van der Waals surface area contributed by atoms with Gasteiger partial charge in [-0.1, -0.05) is 24.3 Å². The Labute approximate surface area is 181 Å². The first kappa shape index (κ1) is 20.1. The average molecular weight is 436 g/mol. The van der Waals surface area contributed by atoms with Gasteiger partial charge in [-0.3, -0.25) is 14.9 Å². The van der Waals surface area contributed by atoms with E-state index in [1.165, 1.54) is 17.8 Å². The summed E-state index contributed by atoms with van der Waals surface area (Å²) in [6, 6.07) is 20.0. The van der Waals surface area contributed by atoms with E-state index in [9.17, 15) is 14.9 Å². The van der Waals surface area contributed by atoms with E-state index < -0.39 is 10.8 Å². The van der Waals surface area contributed by atoms with E-state index >= 15 is 0 Å². The number of carbonyl (C=O) groups excluding carboxylic acids is 1. The number of para-hydroxylation sites is 1. The number of rotatable bonds is 6. The zero-order chi connectivity index (χ0) is 21.1. The minimum absolute atomic E-state index is 0.0467. The maximum absolute atomic E-state index is 12.6. The van der Waals surface area contributed by atoms with Gasteiger partial charge in [-0.25, -0.2) is 4.98 Å².